The van der Waals surface area contributed by atoms with E-state index < -0.39 is 5.82 Å². The summed E-state index contributed by atoms with van der Waals surface area (Å²) in [6.07, 6.45) is 1.69. The Bertz CT molecular complexity index is 1330. The molecule has 0 spiro atoms. The van der Waals surface area contributed by atoms with Crippen molar-refractivity contribution < 1.29 is 9.18 Å². The quantitative estimate of drug-likeness (QED) is 0.437. The lowest BCUT2D eigenvalue weighted by Crippen LogP contribution is -2.54. The van der Waals surface area contributed by atoms with Gasteiger partial charge in [0.05, 0.1) is 0 Å². The third kappa shape index (κ3) is 4.00. The predicted molar refractivity (Wildman–Crippen MR) is 127 cm³/mol. The highest BCUT2D eigenvalue weighted by atomic mass is 35.5. The summed E-state index contributed by atoms with van der Waals surface area (Å²) in [5, 5.41) is 9.87. The average Bonchev–Trinajstić information content (AvgIpc) is 2.84. The minimum atomic E-state index is -0.462. The van der Waals surface area contributed by atoms with E-state index in [0.29, 0.717) is 58.2 Å². The summed E-state index contributed by atoms with van der Waals surface area (Å²) in [5.74, 6) is 0.184. The number of pyridine rings is 1. The third-order valence-corrected chi connectivity index (χ3v) is 6.15. The van der Waals surface area contributed by atoms with Crippen molar-refractivity contribution in [3.63, 3.8) is 0 Å². The Morgan fingerprint density at radius 3 is 2.64 bits per heavy atom. The van der Waals surface area contributed by atoms with Crippen molar-refractivity contribution in [1.82, 2.24) is 20.1 Å². The van der Waals surface area contributed by atoms with Crippen molar-refractivity contribution in [2.24, 2.45) is 0 Å². The van der Waals surface area contributed by atoms with E-state index in [2.05, 4.69) is 20.1 Å². The van der Waals surface area contributed by atoms with E-state index in [1.165, 1.54) is 6.07 Å². The van der Waals surface area contributed by atoms with Crippen molar-refractivity contribution in [2.45, 2.75) is 13.0 Å². The number of piperazine rings is 1. The van der Waals surface area contributed by atoms with Crippen LogP contribution >= 0.6 is 11.6 Å². The Balaban J connectivity index is 1.47. The number of nitrogens with zero attached hydrogens (tertiary/aromatic N) is 5. The van der Waals surface area contributed by atoms with Crippen molar-refractivity contribution in [3.05, 3.63) is 83.3 Å². The molecule has 6 nitrogen and oxygen atoms in total. The van der Waals surface area contributed by atoms with E-state index in [-0.39, 0.29) is 11.9 Å². The van der Waals surface area contributed by atoms with Gasteiger partial charge in [-0.25, -0.2) is 4.39 Å². The van der Waals surface area contributed by atoms with E-state index in [4.69, 9.17) is 11.6 Å². The van der Waals surface area contributed by atoms with Crippen LogP contribution in [-0.4, -0.2) is 51.7 Å². The number of benzene rings is 2. The molecule has 1 amide bonds. The predicted octanol–water partition coefficient (Wildman–Crippen LogP) is 4.84. The molecular formula is C25H21ClFN5O. The molecule has 2 aromatic heterocycles. The first-order chi connectivity index (χ1) is 16.0. The maximum Gasteiger partial charge on any atom is 0.253 e. The van der Waals surface area contributed by atoms with Gasteiger partial charge in [-0.1, -0.05) is 29.8 Å². The number of carbonyl (C=O) groups is 1. The molecule has 0 radical (unpaired) electrons. The molecule has 1 fully saturated rings. The lowest BCUT2D eigenvalue weighted by molar-refractivity contribution is 0.0726. The normalized spacial score (nSPS) is 16.3. The van der Waals surface area contributed by atoms with Gasteiger partial charge in [0, 0.05) is 53.4 Å². The summed E-state index contributed by atoms with van der Waals surface area (Å²) in [5.41, 5.74) is 2.07. The second-order valence-corrected chi connectivity index (χ2v) is 8.49. The number of hydrogen-bond acceptors (Lipinski definition) is 5. The average molecular weight is 462 g/mol. The molecule has 3 heterocycles. The SMILES string of the molecule is C[C@@H]1CN(C(=O)c2ccccc2)CCN1c1nnc(-c2ccc(Cl)cc2F)c2cccnc12. The van der Waals surface area contributed by atoms with Crippen molar-refractivity contribution in [1.29, 1.82) is 0 Å². The van der Waals surface area contributed by atoms with Crippen LogP contribution in [0.1, 0.15) is 17.3 Å². The van der Waals surface area contributed by atoms with Gasteiger partial charge in [0.2, 0.25) is 0 Å². The highest BCUT2D eigenvalue weighted by Gasteiger charge is 2.30. The fraction of sp³-hybridized carbons (Fsp3) is 0.200. The minimum absolute atomic E-state index is 0.00374. The summed E-state index contributed by atoms with van der Waals surface area (Å²) in [7, 11) is 0. The van der Waals surface area contributed by atoms with Crippen LogP contribution in [0.3, 0.4) is 0 Å². The number of amides is 1. The topological polar surface area (TPSA) is 62.2 Å². The molecule has 33 heavy (non-hydrogen) atoms. The maximum absolute atomic E-state index is 14.6. The van der Waals surface area contributed by atoms with Crippen molar-refractivity contribution in [2.75, 3.05) is 24.5 Å². The number of aromatic nitrogens is 3. The lowest BCUT2D eigenvalue weighted by atomic mass is 10.1. The molecule has 8 heteroatoms. The van der Waals surface area contributed by atoms with Gasteiger partial charge in [-0.05, 0) is 49.4 Å². The smallest absolute Gasteiger partial charge is 0.253 e. The standard InChI is InChI=1S/C25H21ClFN5O/c1-16-15-31(25(33)17-6-3-2-4-7-17)12-13-32(16)24-23-20(8-5-11-28-23)22(29-30-24)19-10-9-18(26)14-21(19)27/h2-11,14,16H,12-13,15H2,1H3/t16-/m1/s1. The van der Waals surface area contributed by atoms with Gasteiger partial charge >= 0.3 is 0 Å². The molecule has 5 rings (SSSR count). The fourth-order valence-corrected chi connectivity index (χ4v) is 4.43. The molecular weight excluding hydrogens is 441 g/mol. The van der Waals surface area contributed by atoms with Gasteiger partial charge in [-0.2, -0.15) is 0 Å². The van der Waals surface area contributed by atoms with Crippen LogP contribution in [0.4, 0.5) is 10.2 Å². The van der Waals surface area contributed by atoms with E-state index in [1.54, 1.807) is 24.4 Å². The zero-order valence-electron chi connectivity index (χ0n) is 17.9. The molecule has 0 unspecified atom stereocenters. The summed E-state index contributed by atoms with van der Waals surface area (Å²) in [6.45, 7) is 3.75. The Morgan fingerprint density at radius 1 is 1.06 bits per heavy atom. The molecule has 4 aromatic rings. The van der Waals surface area contributed by atoms with Crippen LogP contribution < -0.4 is 4.90 Å². The van der Waals surface area contributed by atoms with Crippen LogP contribution in [0.25, 0.3) is 22.2 Å². The molecule has 1 aliphatic rings. The number of fused-ring (bicyclic) bond motifs is 1. The van der Waals surface area contributed by atoms with Crippen molar-refractivity contribution in [3.8, 4) is 11.3 Å². The molecule has 0 N–H and O–H groups in total. The van der Waals surface area contributed by atoms with E-state index in [9.17, 15) is 9.18 Å². The minimum Gasteiger partial charge on any atom is -0.347 e. The third-order valence-electron chi connectivity index (χ3n) is 5.91. The van der Waals surface area contributed by atoms with Crippen LogP contribution in [-0.2, 0) is 0 Å². The zero-order chi connectivity index (χ0) is 22.9. The molecule has 1 aliphatic heterocycles. The number of anilines is 1. The van der Waals surface area contributed by atoms with E-state index >= 15 is 0 Å². The number of halogens is 2. The van der Waals surface area contributed by atoms with Crippen LogP contribution in [0.5, 0.6) is 0 Å². The highest BCUT2D eigenvalue weighted by Crippen LogP contribution is 2.33. The Hall–Kier alpha value is -3.58. The van der Waals surface area contributed by atoms with Gasteiger partial charge < -0.3 is 9.80 Å². The maximum atomic E-state index is 14.6. The summed E-state index contributed by atoms with van der Waals surface area (Å²) >= 11 is 5.92. The first kappa shape index (κ1) is 21.3. The first-order valence-corrected chi connectivity index (χ1v) is 11.1. The highest BCUT2D eigenvalue weighted by molar-refractivity contribution is 6.30. The van der Waals surface area contributed by atoms with Gasteiger partial charge in [0.1, 0.15) is 17.0 Å². The molecule has 0 bridgehead atoms. The Labute approximate surface area is 195 Å². The van der Waals surface area contributed by atoms with Gasteiger partial charge in [-0.3, -0.25) is 9.78 Å². The first-order valence-electron chi connectivity index (χ1n) is 10.7. The van der Waals surface area contributed by atoms with Gasteiger partial charge in [-0.15, -0.1) is 10.2 Å². The zero-order valence-corrected chi connectivity index (χ0v) is 18.7. The molecule has 2 aromatic carbocycles. The summed E-state index contributed by atoms with van der Waals surface area (Å²) < 4.78 is 14.6. The largest absolute Gasteiger partial charge is 0.347 e. The lowest BCUT2D eigenvalue weighted by Gasteiger charge is -2.40. The van der Waals surface area contributed by atoms with Crippen LogP contribution in [0.2, 0.25) is 5.02 Å². The van der Waals surface area contributed by atoms with E-state index in [0.717, 1.165) is 0 Å². The number of rotatable bonds is 3. The van der Waals surface area contributed by atoms with Gasteiger partial charge in [0.15, 0.2) is 5.82 Å². The Morgan fingerprint density at radius 2 is 1.88 bits per heavy atom. The summed E-state index contributed by atoms with van der Waals surface area (Å²) in [4.78, 5) is 21.4. The van der Waals surface area contributed by atoms with Crippen molar-refractivity contribution >= 4 is 34.2 Å². The van der Waals surface area contributed by atoms with Crippen LogP contribution in [0, 0.1) is 5.82 Å². The number of carbonyl (C=O) groups excluding carboxylic acids is 1. The van der Waals surface area contributed by atoms with E-state index in [1.807, 2.05) is 48.2 Å². The molecule has 1 saturated heterocycles. The summed E-state index contributed by atoms with van der Waals surface area (Å²) in [6, 6.07) is 17.4. The molecule has 0 saturated carbocycles. The Kier molecular flexibility index (Phi) is 5.64. The number of hydrogen-bond donors (Lipinski definition) is 0. The van der Waals surface area contributed by atoms with Gasteiger partial charge in [0.25, 0.3) is 5.91 Å². The second kappa shape index (κ2) is 8.75. The molecule has 0 aliphatic carbocycles. The van der Waals surface area contributed by atoms with Crippen LogP contribution in [0.15, 0.2) is 66.9 Å². The monoisotopic (exact) mass is 461 g/mol. The fourth-order valence-electron chi connectivity index (χ4n) is 4.27. The molecule has 166 valence electrons. The second-order valence-electron chi connectivity index (χ2n) is 8.06. The molecule has 1 atom stereocenters.